The fourth-order valence-corrected chi connectivity index (χ4v) is 3.22. The first-order chi connectivity index (χ1) is 11.7. The Labute approximate surface area is 146 Å². The van der Waals surface area contributed by atoms with Gasteiger partial charge in [0.25, 0.3) is 5.91 Å². The summed E-state index contributed by atoms with van der Waals surface area (Å²) < 4.78 is 0. The number of hydrogen-bond acceptors (Lipinski definition) is 2. The molecule has 24 heavy (non-hydrogen) atoms. The van der Waals surface area contributed by atoms with Crippen LogP contribution in [0.4, 0.5) is 5.69 Å². The van der Waals surface area contributed by atoms with Gasteiger partial charge in [0.2, 0.25) is 0 Å². The molecule has 0 fully saturated rings. The van der Waals surface area contributed by atoms with Gasteiger partial charge in [0, 0.05) is 21.9 Å². The number of aryl methyl sites for hydroxylation is 1. The van der Waals surface area contributed by atoms with Crippen LogP contribution in [0.15, 0.2) is 83.8 Å². The van der Waals surface area contributed by atoms with Gasteiger partial charge in [0.05, 0.1) is 0 Å². The number of carbonyl (C=O) groups excluding carboxylic acids is 1. The summed E-state index contributed by atoms with van der Waals surface area (Å²) in [6.07, 6.45) is 0. The minimum Gasteiger partial charge on any atom is -0.322 e. The lowest BCUT2D eigenvalue weighted by Crippen LogP contribution is -2.11. The molecule has 0 atom stereocenters. The molecule has 0 aliphatic carbocycles. The summed E-state index contributed by atoms with van der Waals surface area (Å²) in [5.74, 6) is 0.830. The Morgan fingerprint density at radius 1 is 0.917 bits per heavy atom. The van der Waals surface area contributed by atoms with Crippen LogP contribution in [0.25, 0.3) is 0 Å². The average Bonchev–Trinajstić information content (AvgIpc) is 2.62. The first-order valence-electron chi connectivity index (χ1n) is 7.85. The summed E-state index contributed by atoms with van der Waals surface area (Å²) in [7, 11) is 0. The number of amides is 1. The second kappa shape index (κ2) is 7.84. The molecule has 0 bridgehead atoms. The predicted octanol–water partition coefficient (Wildman–Crippen LogP) is 5.54. The second-order valence-corrected chi connectivity index (χ2v) is 6.67. The molecule has 0 saturated heterocycles. The van der Waals surface area contributed by atoms with Crippen LogP contribution < -0.4 is 5.32 Å². The molecule has 2 nitrogen and oxygen atoms in total. The van der Waals surface area contributed by atoms with E-state index in [-0.39, 0.29) is 5.91 Å². The van der Waals surface area contributed by atoms with Crippen molar-refractivity contribution in [3.05, 3.63) is 95.6 Å². The normalized spacial score (nSPS) is 10.4. The van der Waals surface area contributed by atoms with E-state index in [0.29, 0.717) is 5.56 Å². The highest BCUT2D eigenvalue weighted by Gasteiger charge is 2.06. The van der Waals surface area contributed by atoms with Gasteiger partial charge >= 0.3 is 0 Å². The van der Waals surface area contributed by atoms with Crippen molar-refractivity contribution in [3.63, 3.8) is 0 Å². The Morgan fingerprint density at radius 3 is 2.42 bits per heavy atom. The minimum absolute atomic E-state index is 0.0831. The lowest BCUT2D eigenvalue weighted by molar-refractivity contribution is 0.102. The predicted molar refractivity (Wildman–Crippen MR) is 102 cm³/mol. The molecule has 0 heterocycles. The van der Waals surface area contributed by atoms with E-state index in [0.717, 1.165) is 21.9 Å². The van der Waals surface area contributed by atoms with Crippen LogP contribution in [-0.4, -0.2) is 5.91 Å². The van der Waals surface area contributed by atoms with Gasteiger partial charge in [0.1, 0.15) is 0 Å². The molecule has 3 heteroatoms. The zero-order valence-electron chi connectivity index (χ0n) is 13.5. The maximum Gasteiger partial charge on any atom is 0.255 e. The lowest BCUT2D eigenvalue weighted by atomic mass is 10.1. The molecule has 0 unspecified atom stereocenters. The highest BCUT2D eigenvalue weighted by Crippen LogP contribution is 2.25. The van der Waals surface area contributed by atoms with Gasteiger partial charge in [-0.25, -0.2) is 0 Å². The van der Waals surface area contributed by atoms with Crippen molar-refractivity contribution in [2.75, 3.05) is 5.32 Å². The molecular weight excluding hydrogens is 314 g/mol. The molecule has 3 aromatic rings. The monoisotopic (exact) mass is 333 g/mol. The molecule has 0 radical (unpaired) electrons. The van der Waals surface area contributed by atoms with Gasteiger partial charge in [-0.2, -0.15) is 0 Å². The fraction of sp³-hybridized carbons (Fsp3) is 0.0952. The fourth-order valence-electron chi connectivity index (χ4n) is 2.31. The van der Waals surface area contributed by atoms with Crippen LogP contribution in [0.3, 0.4) is 0 Å². The quantitative estimate of drug-likeness (QED) is 0.621. The SMILES string of the molecule is Cc1ccc(C(=O)Nc2cccc(SCc3ccccc3)c2)cc1. The van der Waals surface area contributed by atoms with E-state index < -0.39 is 0 Å². The Hall–Kier alpha value is -2.52. The third-order valence-corrected chi connectivity index (χ3v) is 4.72. The topological polar surface area (TPSA) is 29.1 Å². The van der Waals surface area contributed by atoms with Crippen molar-refractivity contribution >= 4 is 23.4 Å². The van der Waals surface area contributed by atoms with Gasteiger partial charge in [-0.3, -0.25) is 4.79 Å². The van der Waals surface area contributed by atoms with Crippen molar-refractivity contribution in [3.8, 4) is 0 Å². The molecular formula is C21H19NOS. The van der Waals surface area contributed by atoms with E-state index in [2.05, 4.69) is 23.5 Å². The number of thioether (sulfide) groups is 1. The molecule has 0 saturated carbocycles. The van der Waals surface area contributed by atoms with Crippen molar-refractivity contribution in [2.24, 2.45) is 0 Å². The lowest BCUT2D eigenvalue weighted by Gasteiger charge is -2.08. The smallest absolute Gasteiger partial charge is 0.255 e. The van der Waals surface area contributed by atoms with Crippen molar-refractivity contribution < 1.29 is 4.79 Å². The number of carbonyl (C=O) groups is 1. The van der Waals surface area contributed by atoms with E-state index >= 15 is 0 Å². The Balaban J connectivity index is 1.64. The molecule has 120 valence electrons. The third-order valence-electron chi connectivity index (χ3n) is 3.65. The van der Waals surface area contributed by atoms with E-state index in [1.165, 1.54) is 5.56 Å². The van der Waals surface area contributed by atoms with Crippen LogP contribution in [-0.2, 0) is 5.75 Å². The first-order valence-corrected chi connectivity index (χ1v) is 8.84. The van der Waals surface area contributed by atoms with Crippen LogP contribution in [0.5, 0.6) is 0 Å². The number of hydrogen-bond donors (Lipinski definition) is 1. The average molecular weight is 333 g/mol. The zero-order chi connectivity index (χ0) is 16.8. The van der Waals surface area contributed by atoms with Gasteiger partial charge < -0.3 is 5.32 Å². The second-order valence-electron chi connectivity index (χ2n) is 5.62. The Morgan fingerprint density at radius 2 is 1.67 bits per heavy atom. The van der Waals surface area contributed by atoms with Crippen molar-refractivity contribution in [1.29, 1.82) is 0 Å². The standard InChI is InChI=1S/C21H19NOS/c1-16-10-12-18(13-11-16)21(23)22-19-8-5-9-20(14-19)24-15-17-6-3-2-4-7-17/h2-14H,15H2,1H3,(H,22,23). The van der Waals surface area contributed by atoms with Crippen LogP contribution in [0, 0.1) is 6.92 Å². The number of anilines is 1. The van der Waals surface area contributed by atoms with E-state index in [1.54, 1.807) is 11.8 Å². The summed E-state index contributed by atoms with van der Waals surface area (Å²) in [5.41, 5.74) is 3.92. The summed E-state index contributed by atoms with van der Waals surface area (Å²) in [6, 6.07) is 25.9. The zero-order valence-corrected chi connectivity index (χ0v) is 14.3. The highest BCUT2D eigenvalue weighted by atomic mass is 32.2. The van der Waals surface area contributed by atoms with Gasteiger partial charge in [-0.05, 0) is 42.8 Å². The van der Waals surface area contributed by atoms with Gasteiger partial charge in [-0.1, -0.05) is 54.1 Å². The highest BCUT2D eigenvalue weighted by molar-refractivity contribution is 7.98. The van der Waals surface area contributed by atoms with Crippen LogP contribution in [0.2, 0.25) is 0 Å². The number of nitrogens with one attached hydrogen (secondary N) is 1. The molecule has 3 aromatic carbocycles. The maximum atomic E-state index is 12.3. The number of rotatable bonds is 5. The van der Waals surface area contributed by atoms with Gasteiger partial charge in [0.15, 0.2) is 0 Å². The summed E-state index contributed by atoms with van der Waals surface area (Å²) in [5, 5.41) is 2.96. The Bertz CT molecular complexity index is 813. The molecule has 0 aliphatic rings. The summed E-state index contributed by atoms with van der Waals surface area (Å²) in [4.78, 5) is 13.4. The molecule has 3 rings (SSSR count). The number of benzene rings is 3. The minimum atomic E-state index is -0.0831. The molecule has 0 spiro atoms. The maximum absolute atomic E-state index is 12.3. The van der Waals surface area contributed by atoms with E-state index in [9.17, 15) is 4.79 Å². The van der Waals surface area contributed by atoms with Crippen LogP contribution in [0.1, 0.15) is 21.5 Å². The molecule has 1 amide bonds. The van der Waals surface area contributed by atoms with Crippen LogP contribution >= 0.6 is 11.8 Å². The first kappa shape index (κ1) is 16.3. The van der Waals surface area contributed by atoms with E-state index in [4.69, 9.17) is 0 Å². The van der Waals surface area contributed by atoms with E-state index in [1.807, 2.05) is 67.6 Å². The largest absolute Gasteiger partial charge is 0.322 e. The van der Waals surface area contributed by atoms with Gasteiger partial charge in [-0.15, -0.1) is 11.8 Å². The molecule has 0 aliphatic heterocycles. The van der Waals surface area contributed by atoms with Crippen molar-refractivity contribution in [1.82, 2.24) is 0 Å². The third kappa shape index (κ3) is 4.49. The molecule has 0 aromatic heterocycles. The summed E-state index contributed by atoms with van der Waals surface area (Å²) in [6.45, 7) is 2.01. The summed E-state index contributed by atoms with van der Waals surface area (Å²) >= 11 is 1.76. The molecule has 1 N–H and O–H groups in total. The Kier molecular flexibility index (Phi) is 5.34. The van der Waals surface area contributed by atoms with Crippen molar-refractivity contribution in [2.45, 2.75) is 17.6 Å².